The Morgan fingerprint density at radius 2 is 1.90 bits per heavy atom. The number of amides is 1. The Kier molecular flexibility index (Phi) is 6.58. The highest BCUT2D eigenvalue weighted by molar-refractivity contribution is 5.85. The first-order valence-corrected chi connectivity index (χ1v) is 7.57. The van der Waals surface area contributed by atoms with E-state index in [1.165, 1.54) is 18.6 Å². The molecule has 0 spiro atoms. The van der Waals surface area contributed by atoms with Crippen LogP contribution in [0.4, 0.5) is 4.79 Å². The van der Waals surface area contributed by atoms with Gasteiger partial charge in [-0.3, -0.25) is 0 Å². The zero-order valence-electron chi connectivity index (χ0n) is 12.3. The summed E-state index contributed by atoms with van der Waals surface area (Å²) in [5.41, 5.74) is 5.31. The molecule has 0 aromatic heterocycles. The number of nitrogens with one attached hydrogen (secondary N) is 2. The third kappa shape index (κ3) is 6.29. The first-order chi connectivity index (χ1) is 10.3. The Hall–Kier alpha value is -2.04. The predicted octanol–water partition coefficient (Wildman–Crippen LogP) is 2.82. The minimum atomic E-state index is -0.374. The lowest BCUT2D eigenvalue weighted by Crippen LogP contribution is -2.27. The summed E-state index contributed by atoms with van der Waals surface area (Å²) in [5, 5.41) is 7.07. The van der Waals surface area contributed by atoms with E-state index < -0.39 is 0 Å². The van der Waals surface area contributed by atoms with E-state index in [0.29, 0.717) is 13.2 Å². The predicted molar refractivity (Wildman–Crippen MR) is 83.2 cm³/mol. The van der Waals surface area contributed by atoms with Crippen LogP contribution >= 0.6 is 0 Å². The minimum Gasteiger partial charge on any atom is -0.445 e. The van der Waals surface area contributed by atoms with Crippen molar-refractivity contribution in [3.8, 4) is 0 Å². The molecule has 1 amide bonds. The van der Waals surface area contributed by atoms with Gasteiger partial charge in [0.1, 0.15) is 6.61 Å². The van der Waals surface area contributed by atoms with Crippen molar-refractivity contribution in [1.82, 2.24) is 10.7 Å². The molecular formula is C16H23N3O2. The van der Waals surface area contributed by atoms with E-state index in [-0.39, 0.29) is 6.09 Å². The van der Waals surface area contributed by atoms with Crippen molar-refractivity contribution >= 4 is 11.8 Å². The molecule has 0 unspecified atom stereocenters. The highest BCUT2D eigenvalue weighted by Crippen LogP contribution is 2.13. The van der Waals surface area contributed by atoms with Gasteiger partial charge in [0.05, 0.1) is 0 Å². The van der Waals surface area contributed by atoms with Crippen LogP contribution in [0.2, 0.25) is 0 Å². The Balaban J connectivity index is 1.48. The lowest BCUT2D eigenvalue weighted by Gasteiger charge is -2.07. The van der Waals surface area contributed by atoms with Gasteiger partial charge in [-0.05, 0) is 37.7 Å². The molecule has 0 radical (unpaired) electrons. The molecule has 2 rings (SSSR count). The van der Waals surface area contributed by atoms with Crippen LogP contribution in [0, 0.1) is 0 Å². The van der Waals surface area contributed by atoms with Gasteiger partial charge in [0.25, 0.3) is 0 Å². The zero-order chi connectivity index (χ0) is 14.8. The number of carbonyl (C=O) groups is 1. The van der Waals surface area contributed by atoms with Gasteiger partial charge in [0.2, 0.25) is 0 Å². The van der Waals surface area contributed by atoms with Gasteiger partial charge in [0.15, 0.2) is 0 Å². The van der Waals surface area contributed by atoms with Crippen molar-refractivity contribution in [2.24, 2.45) is 5.10 Å². The summed E-state index contributed by atoms with van der Waals surface area (Å²) >= 11 is 0. The molecule has 1 aliphatic carbocycles. The maximum Gasteiger partial charge on any atom is 0.407 e. The lowest BCUT2D eigenvalue weighted by molar-refractivity contribution is 0.139. The second-order valence-corrected chi connectivity index (χ2v) is 5.14. The molecule has 0 saturated heterocycles. The fourth-order valence-electron chi connectivity index (χ4n) is 2.19. The number of hydrazone groups is 1. The fourth-order valence-corrected chi connectivity index (χ4v) is 2.19. The van der Waals surface area contributed by atoms with Crippen LogP contribution < -0.4 is 10.7 Å². The molecule has 0 heterocycles. The summed E-state index contributed by atoms with van der Waals surface area (Å²) in [4.78, 5) is 11.5. The smallest absolute Gasteiger partial charge is 0.407 e. The van der Waals surface area contributed by atoms with Crippen LogP contribution in [0.3, 0.4) is 0 Å². The quantitative estimate of drug-likeness (QED) is 0.599. The fraction of sp³-hybridized carbons (Fsp3) is 0.500. The van der Waals surface area contributed by atoms with E-state index in [2.05, 4.69) is 15.8 Å². The first-order valence-electron chi connectivity index (χ1n) is 7.57. The molecule has 114 valence electrons. The van der Waals surface area contributed by atoms with E-state index in [9.17, 15) is 4.79 Å². The van der Waals surface area contributed by atoms with Crippen LogP contribution in [0.1, 0.15) is 37.7 Å². The number of rotatable bonds is 7. The second kappa shape index (κ2) is 9.00. The molecule has 1 aliphatic rings. The van der Waals surface area contributed by atoms with Crippen LogP contribution in [0.25, 0.3) is 0 Å². The zero-order valence-corrected chi connectivity index (χ0v) is 12.3. The van der Waals surface area contributed by atoms with Crippen molar-refractivity contribution in [2.45, 2.75) is 38.7 Å². The topological polar surface area (TPSA) is 62.7 Å². The van der Waals surface area contributed by atoms with Crippen molar-refractivity contribution in [1.29, 1.82) is 0 Å². The monoisotopic (exact) mass is 289 g/mol. The van der Waals surface area contributed by atoms with Gasteiger partial charge in [0, 0.05) is 18.8 Å². The Morgan fingerprint density at radius 1 is 1.14 bits per heavy atom. The summed E-state index contributed by atoms with van der Waals surface area (Å²) in [6, 6.07) is 9.65. The molecule has 2 N–H and O–H groups in total. The largest absolute Gasteiger partial charge is 0.445 e. The van der Waals surface area contributed by atoms with E-state index in [1.807, 2.05) is 30.3 Å². The van der Waals surface area contributed by atoms with Crippen molar-refractivity contribution < 1.29 is 9.53 Å². The van der Waals surface area contributed by atoms with Crippen molar-refractivity contribution in [3.05, 3.63) is 35.9 Å². The molecule has 0 bridgehead atoms. The number of carbonyl (C=O) groups excluding carboxylic acids is 1. The van der Waals surface area contributed by atoms with Gasteiger partial charge >= 0.3 is 6.09 Å². The summed E-state index contributed by atoms with van der Waals surface area (Å²) in [6.45, 7) is 1.66. The summed E-state index contributed by atoms with van der Waals surface area (Å²) in [6.07, 6.45) is 5.22. The third-order valence-electron chi connectivity index (χ3n) is 3.37. The Labute approximate surface area is 125 Å². The number of benzene rings is 1. The molecular weight excluding hydrogens is 266 g/mol. The normalized spacial score (nSPS) is 13.8. The highest BCUT2D eigenvalue weighted by Gasteiger charge is 2.07. The van der Waals surface area contributed by atoms with Crippen LogP contribution in [-0.4, -0.2) is 24.9 Å². The molecule has 1 saturated carbocycles. The van der Waals surface area contributed by atoms with Crippen LogP contribution in [0.15, 0.2) is 35.4 Å². The number of ether oxygens (including phenoxy) is 1. The second-order valence-electron chi connectivity index (χ2n) is 5.14. The van der Waals surface area contributed by atoms with Crippen LogP contribution in [-0.2, 0) is 11.3 Å². The summed E-state index contributed by atoms with van der Waals surface area (Å²) in [7, 11) is 0. The number of hydrogen-bond donors (Lipinski definition) is 2. The van der Waals surface area contributed by atoms with Gasteiger partial charge in [-0.1, -0.05) is 30.3 Å². The van der Waals surface area contributed by atoms with E-state index in [0.717, 1.165) is 31.4 Å². The molecule has 1 aromatic carbocycles. The number of hydrogen-bond acceptors (Lipinski definition) is 4. The average molecular weight is 289 g/mol. The maximum absolute atomic E-state index is 11.5. The molecule has 0 aliphatic heterocycles. The van der Waals surface area contributed by atoms with Gasteiger partial charge in [-0.2, -0.15) is 5.10 Å². The Bertz CT molecular complexity index is 452. The van der Waals surface area contributed by atoms with Crippen LogP contribution in [0.5, 0.6) is 0 Å². The standard InChI is InChI=1S/C16H23N3O2/c20-16(21-13-14-7-2-1-3-8-14)17-11-6-12-18-19-15-9-4-5-10-15/h1-3,7-8,18H,4-6,9-13H2,(H,17,20). The lowest BCUT2D eigenvalue weighted by atomic mass is 10.2. The van der Waals surface area contributed by atoms with Crippen molar-refractivity contribution in [3.63, 3.8) is 0 Å². The summed E-state index contributed by atoms with van der Waals surface area (Å²) in [5.74, 6) is 0. The maximum atomic E-state index is 11.5. The Morgan fingerprint density at radius 3 is 2.67 bits per heavy atom. The van der Waals surface area contributed by atoms with E-state index >= 15 is 0 Å². The highest BCUT2D eigenvalue weighted by atomic mass is 16.5. The van der Waals surface area contributed by atoms with Gasteiger partial charge in [-0.25, -0.2) is 4.79 Å². The molecule has 5 nitrogen and oxygen atoms in total. The third-order valence-corrected chi connectivity index (χ3v) is 3.37. The van der Waals surface area contributed by atoms with Gasteiger partial charge in [-0.15, -0.1) is 0 Å². The number of alkyl carbamates (subject to hydrolysis) is 1. The minimum absolute atomic E-state index is 0.304. The SMILES string of the molecule is O=C(NCCCNN=C1CCCC1)OCc1ccccc1. The average Bonchev–Trinajstić information content (AvgIpc) is 3.03. The molecule has 5 heteroatoms. The molecule has 0 atom stereocenters. The first kappa shape index (κ1) is 15.4. The van der Waals surface area contributed by atoms with Gasteiger partial charge < -0.3 is 15.5 Å². The van der Waals surface area contributed by atoms with E-state index in [4.69, 9.17) is 4.74 Å². The molecule has 1 fully saturated rings. The summed E-state index contributed by atoms with van der Waals surface area (Å²) < 4.78 is 5.12. The molecule has 21 heavy (non-hydrogen) atoms. The molecule has 1 aromatic rings. The number of nitrogens with zero attached hydrogens (tertiary/aromatic N) is 1. The van der Waals surface area contributed by atoms with E-state index in [1.54, 1.807) is 0 Å². The van der Waals surface area contributed by atoms with Crippen molar-refractivity contribution in [2.75, 3.05) is 13.1 Å².